The van der Waals surface area contributed by atoms with E-state index < -0.39 is 0 Å². The highest BCUT2D eigenvalue weighted by Gasteiger charge is 2.17. The van der Waals surface area contributed by atoms with Crippen molar-refractivity contribution in [3.05, 3.63) is 18.1 Å². The van der Waals surface area contributed by atoms with E-state index in [4.69, 9.17) is 5.26 Å². The average Bonchev–Trinajstić information content (AvgIpc) is 2.37. The monoisotopic (exact) mass is 246 g/mol. The highest BCUT2D eigenvalue weighted by Crippen LogP contribution is 2.23. The van der Waals surface area contributed by atoms with Crippen molar-refractivity contribution in [2.24, 2.45) is 5.41 Å². The number of rotatable bonds is 7. The normalized spacial score (nSPS) is 11.0. The second-order valence-electron chi connectivity index (χ2n) is 5.37. The van der Waals surface area contributed by atoms with Gasteiger partial charge in [-0.05, 0) is 11.8 Å². The van der Waals surface area contributed by atoms with Crippen LogP contribution in [0, 0.1) is 16.7 Å². The van der Waals surface area contributed by atoms with Gasteiger partial charge in [-0.1, -0.05) is 40.0 Å². The highest BCUT2D eigenvalue weighted by molar-refractivity contribution is 5.33. The van der Waals surface area contributed by atoms with Gasteiger partial charge in [0.15, 0.2) is 5.69 Å². The van der Waals surface area contributed by atoms with E-state index in [-0.39, 0.29) is 5.41 Å². The third-order valence-electron chi connectivity index (χ3n) is 2.97. The van der Waals surface area contributed by atoms with E-state index >= 15 is 0 Å². The van der Waals surface area contributed by atoms with Crippen LogP contribution in [0.5, 0.6) is 0 Å². The predicted molar refractivity (Wildman–Crippen MR) is 73.2 cm³/mol. The Labute approximate surface area is 109 Å². The zero-order valence-corrected chi connectivity index (χ0v) is 11.5. The molecule has 0 aliphatic heterocycles. The lowest BCUT2D eigenvalue weighted by Crippen LogP contribution is -2.23. The minimum atomic E-state index is 0.255. The van der Waals surface area contributed by atoms with Gasteiger partial charge in [0.1, 0.15) is 11.9 Å². The number of nitrogens with one attached hydrogen (secondary N) is 1. The Kier molecular flexibility index (Phi) is 5.57. The molecule has 1 N–H and O–H groups in total. The Morgan fingerprint density at radius 2 is 2.06 bits per heavy atom. The lowest BCUT2D eigenvalue weighted by Gasteiger charge is -2.25. The number of anilines is 1. The van der Waals surface area contributed by atoms with Crippen LogP contribution in [-0.4, -0.2) is 16.5 Å². The van der Waals surface area contributed by atoms with Gasteiger partial charge < -0.3 is 5.32 Å². The van der Waals surface area contributed by atoms with Crippen molar-refractivity contribution in [1.29, 1.82) is 5.26 Å². The average molecular weight is 246 g/mol. The van der Waals surface area contributed by atoms with Gasteiger partial charge in [0.05, 0.1) is 12.4 Å². The van der Waals surface area contributed by atoms with Gasteiger partial charge in [0.2, 0.25) is 0 Å². The van der Waals surface area contributed by atoms with Crippen molar-refractivity contribution in [2.75, 3.05) is 11.9 Å². The Bertz CT molecular complexity index is 389. The van der Waals surface area contributed by atoms with Crippen molar-refractivity contribution in [3.8, 4) is 6.07 Å². The molecule has 0 aliphatic rings. The summed E-state index contributed by atoms with van der Waals surface area (Å²) in [5, 5.41) is 11.9. The molecule has 1 heterocycles. The predicted octanol–water partition coefficient (Wildman–Crippen LogP) is 3.37. The quantitative estimate of drug-likeness (QED) is 0.749. The Hall–Kier alpha value is -1.63. The van der Waals surface area contributed by atoms with Crippen LogP contribution in [-0.2, 0) is 0 Å². The van der Waals surface area contributed by atoms with Crippen molar-refractivity contribution in [3.63, 3.8) is 0 Å². The number of nitriles is 1. The van der Waals surface area contributed by atoms with Gasteiger partial charge in [0, 0.05) is 6.54 Å². The lowest BCUT2D eigenvalue weighted by molar-refractivity contribution is 0.342. The molecule has 0 radical (unpaired) electrons. The van der Waals surface area contributed by atoms with Crippen LogP contribution in [0.1, 0.15) is 52.1 Å². The maximum atomic E-state index is 8.64. The fourth-order valence-corrected chi connectivity index (χ4v) is 1.75. The molecule has 0 saturated carbocycles. The third kappa shape index (κ3) is 5.13. The van der Waals surface area contributed by atoms with E-state index in [9.17, 15) is 0 Å². The molecule has 18 heavy (non-hydrogen) atoms. The summed E-state index contributed by atoms with van der Waals surface area (Å²) in [4.78, 5) is 8.14. The molecule has 0 aliphatic carbocycles. The first-order valence-corrected chi connectivity index (χ1v) is 6.53. The van der Waals surface area contributed by atoms with E-state index in [2.05, 4.69) is 36.1 Å². The number of hydrogen-bond donors (Lipinski definition) is 1. The molecule has 0 unspecified atom stereocenters. The second-order valence-corrected chi connectivity index (χ2v) is 5.37. The summed E-state index contributed by atoms with van der Waals surface area (Å²) < 4.78 is 0. The van der Waals surface area contributed by atoms with Crippen molar-refractivity contribution >= 4 is 5.82 Å². The highest BCUT2D eigenvalue weighted by atomic mass is 15.0. The molecule has 1 aromatic heterocycles. The summed E-state index contributed by atoms with van der Waals surface area (Å²) in [7, 11) is 0. The fraction of sp³-hybridized carbons (Fsp3) is 0.643. The minimum absolute atomic E-state index is 0.255. The van der Waals surface area contributed by atoms with E-state index in [1.54, 1.807) is 6.20 Å². The first-order chi connectivity index (χ1) is 8.57. The summed E-state index contributed by atoms with van der Waals surface area (Å²) in [6.45, 7) is 7.61. The Morgan fingerprint density at radius 1 is 1.28 bits per heavy atom. The minimum Gasteiger partial charge on any atom is -0.368 e. The Morgan fingerprint density at radius 3 is 2.61 bits per heavy atom. The largest absolute Gasteiger partial charge is 0.368 e. The van der Waals surface area contributed by atoms with Gasteiger partial charge in [-0.3, -0.25) is 0 Å². The van der Waals surface area contributed by atoms with Gasteiger partial charge >= 0.3 is 0 Å². The molecule has 0 atom stereocenters. The number of aromatic nitrogens is 2. The number of nitrogens with zero attached hydrogens (tertiary/aromatic N) is 3. The lowest BCUT2D eigenvalue weighted by atomic mass is 9.87. The number of unbranched alkanes of at least 4 members (excludes halogenated alkanes) is 2. The van der Waals surface area contributed by atoms with E-state index in [0.29, 0.717) is 5.69 Å². The zero-order valence-electron chi connectivity index (χ0n) is 11.5. The Balaban J connectivity index is 2.40. The molecule has 0 amide bonds. The van der Waals surface area contributed by atoms with Crippen LogP contribution in [0.4, 0.5) is 5.82 Å². The van der Waals surface area contributed by atoms with Gasteiger partial charge in [-0.25, -0.2) is 9.97 Å². The summed E-state index contributed by atoms with van der Waals surface area (Å²) in [6.07, 6.45) is 8.12. The molecule has 0 fully saturated rings. The molecule has 1 aromatic rings. The van der Waals surface area contributed by atoms with Crippen molar-refractivity contribution < 1.29 is 0 Å². The molecule has 4 heteroatoms. The maximum Gasteiger partial charge on any atom is 0.158 e. The third-order valence-corrected chi connectivity index (χ3v) is 2.97. The van der Waals surface area contributed by atoms with Crippen LogP contribution < -0.4 is 5.32 Å². The topological polar surface area (TPSA) is 61.6 Å². The molecule has 0 spiro atoms. The van der Waals surface area contributed by atoms with E-state index in [1.165, 1.54) is 31.9 Å². The van der Waals surface area contributed by atoms with Crippen LogP contribution in [0.15, 0.2) is 12.4 Å². The molecule has 0 bridgehead atoms. The smallest absolute Gasteiger partial charge is 0.158 e. The molecule has 4 nitrogen and oxygen atoms in total. The van der Waals surface area contributed by atoms with E-state index in [0.717, 1.165) is 12.4 Å². The molecular formula is C14H22N4. The molecule has 98 valence electrons. The van der Waals surface area contributed by atoms with Gasteiger partial charge in [-0.15, -0.1) is 0 Å². The van der Waals surface area contributed by atoms with Crippen molar-refractivity contribution in [1.82, 2.24) is 9.97 Å². The second kappa shape index (κ2) is 6.95. The maximum absolute atomic E-state index is 8.64. The standard InChI is InChI=1S/C14H22N4/c1-4-5-6-7-14(2,3)11-18-13-10-16-12(8-15)9-17-13/h9-10H,4-7,11H2,1-3H3,(H,17,18). The van der Waals surface area contributed by atoms with Crippen LogP contribution in [0.3, 0.4) is 0 Å². The van der Waals surface area contributed by atoms with Crippen LogP contribution >= 0.6 is 0 Å². The number of hydrogen-bond acceptors (Lipinski definition) is 4. The molecule has 1 rings (SSSR count). The van der Waals surface area contributed by atoms with E-state index in [1.807, 2.05) is 6.07 Å². The SMILES string of the molecule is CCCCCC(C)(C)CNc1cnc(C#N)cn1. The molecule has 0 saturated heterocycles. The zero-order chi connectivity index (χ0) is 13.4. The summed E-state index contributed by atoms with van der Waals surface area (Å²) in [5.41, 5.74) is 0.604. The summed E-state index contributed by atoms with van der Waals surface area (Å²) in [6, 6.07) is 1.96. The van der Waals surface area contributed by atoms with Gasteiger partial charge in [0.25, 0.3) is 0 Å². The first kappa shape index (κ1) is 14.4. The van der Waals surface area contributed by atoms with Crippen LogP contribution in [0.2, 0.25) is 0 Å². The summed E-state index contributed by atoms with van der Waals surface area (Å²) >= 11 is 0. The van der Waals surface area contributed by atoms with Crippen LogP contribution in [0.25, 0.3) is 0 Å². The van der Waals surface area contributed by atoms with Crippen molar-refractivity contribution in [2.45, 2.75) is 46.5 Å². The summed E-state index contributed by atoms with van der Waals surface area (Å²) in [5.74, 6) is 0.734. The first-order valence-electron chi connectivity index (χ1n) is 6.53. The molecule has 0 aromatic carbocycles. The molecular weight excluding hydrogens is 224 g/mol. The fourth-order valence-electron chi connectivity index (χ4n) is 1.75. The van der Waals surface area contributed by atoms with Gasteiger partial charge in [-0.2, -0.15) is 5.26 Å².